The van der Waals surface area contributed by atoms with Gasteiger partial charge in [-0.25, -0.2) is 9.97 Å². The van der Waals surface area contributed by atoms with Gasteiger partial charge < -0.3 is 15.1 Å². The SMILES string of the molecule is CC1C=c2c(ccc3c2=CC(=O)c2ccccc2-3)C(C)(N2CN(CCNC(=O)Cc3ccc(C(F)(F)F)c(Cl)c3)c3cncnc32)C1=O. The van der Waals surface area contributed by atoms with Gasteiger partial charge in [0, 0.05) is 24.6 Å². The summed E-state index contributed by atoms with van der Waals surface area (Å²) in [4.78, 5) is 52.8. The molecule has 0 spiro atoms. The molecule has 1 N–H and O–H groups in total. The van der Waals surface area contributed by atoms with Gasteiger partial charge in [-0.1, -0.05) is 67.1 Å². The number of carbonyl (C=O) groups is 3. The van der Waals surface area contributed by atoms with Crippen LogP contribution in [0.3, 0.4) is 0 Å². The smallest absolute Gasteiger partial charge is 0.354 e. The standard InChI is InChI=1S/C36H29ClF3N5O3/c1-20-13-26-25-16-31(46)24-6-4-3-5-22(24)23(25)8-10-27(26)35(2,33(20)48)45-19-44(30-17-41-18-43-34(30)45)12-11-42-32(47)15-21-7-9-28(29(37)14-21)36(38,39)40/h3-10,13-14,16-18,20H,11-12,15,19H2,1-2H3,(H,42,47). The van der Waals surface area contributed by atoms with Crippen LogP contribution < -0.4 is 25.6 Å². The number of aromatic nitrogens is 2. The summed E-state index contributed by atoms with van der Waals surface area (Å²) in [5.41, 5.74) is 2.15. The summed E-state index contributed by atoms with van der Waals surface area (Å²) in [5.74, 6) is -0.370. The van der Waals surface area contributed by atoms with Gasteiger partial charge in [0.2, 0.25) is 5.91 Å². The van der Waals surface area contributed by atoms with Crippen LogP contribution in [0.5, 0.6) is 0 Å². The molecule has 8 nitrogen and oxygen atoms in total. The zero-order valence-corrected chi connectivity index (χ0v) is 26.7. The van der Waals surface area contributed by atoms with Crippen molar-refractivity contribution in [1.82, 2.24) is 15.3 Å². The highest BCUT2D eigenvalue weighted by molar-refractivity contribution is 6.31. The second kappa shape index (κ2) is 11.6. The molecule has 0 radical (unpaired) electrons. The molecule has 1 aliphatic heterocycles. The van der Waals surface area contributed by atoms with Crippen molar-refractivity contribution >= 4 is 52.7 Å². The quantitative estimate of drug-likeness (QED) is 0.319. The molecule has 244 valence electrons. The first kappa shape index (κ1) is 31.6. The first-order chi connectivity index (χ1) is 22.9. The van der Waals surface area contributed by atoms with Crippen LogP contribution in [0.2, 0.25) is 5.02 Å². The Morgan fingerprint density at radius 2 is 1.83 bits per heavy atom. The van der Waals surface area contributed by atoms with Gasteiger partial charge in [0.15, 0.2) is 17.4 Å². The van der Waals surface area contributed by atoms with Crippen LogP contribution in [0.1, 0.15) is 40.9 Å². The second-order valence-corrected chi connectivity index (χ2v) is 12.7. The van der Waals surface area contributed by atoms with E-state index < -0.39 is 28.2 Å². The maximum Gasteiger partial charge on any atom is 0.417 e. The van der Waals surface area contributed by atoms with E-state index in [9.17, 15) is 27.6 Å². The summed E-state index contributed by atoms with van der Waals surface area (Å²) in [5, 5.41) is 3.99. The van der Waals surface area contributed by atoms with E-state index in [0.29, 0.717) is 29.2 Å². The zero-order valence-electron chi connectivity index (χ0n) is 25.9. The number of benzene rings is 3. The lowest BCUT2D eigenvalue weighted by Gasteiger charge is -2.42. The summed E-state index contributed by atoms with van der Waals surface area (Å²) >= 11 is 5.82. The number of hydrogen-bond acceptors (Lipinski definition) is 7. The molecule has 12 heteroatoms. The topological polar surface area (TPSA) is 95.5 Å². The van der Waals surface area contributed by atoms with Gasteiger partial charge in [-0.05, 0) is 57.8 Å². The van der Waals surface area contributed by atoms with Crippen molar-refractivity contribution in [1.29, 1.82) is 0 Å². The number of nitrogens with one attached hydrogen (secondary N) is 1. The third-order valence-electron chi connectivity index (χ3n) is 9.41. The van der Waals surface area contributed by atoms with Crippen molar-refractivity contribution < 1.29 is 27.6 Å². The first-order valence-electron chi connectivity index (χ1n) is 15.4. The third-order valence-corrected chi connectivity index (χ3v) is 9.72. The Balaban J connectivity index is 1.14. The predicted octanol–water partition coefficient (Wildman–Crippen LogP) is 4.65. The van der Waals surface area contributed by atoms with Crippen LogP contribution in [-0.4, -0.2) is 47.2 Å². The molecular formula is C36H29ClF3N5O3. The maximum absolute atomic E-state index is 14.2. The average Bonchev–Trinajstić information content (AvgIpc) is 3.42. The highest BCUT2D eigenvalue weighted by atomic mass is 35.5. The number of anilines is 2. The molecule has 4 aromatic rings. The molecule has 7 rings (SSSR count). The lowest BCUT2D eigenvalue weighted by molar-refractivity contribution is -0.137. The minimum atomic E-state index is -4.58. The Hall–Kier alpha value is -5.03. The van der Waals surface area contributed by atoms with E-state index in [2.05, 4.69) is 15.3 Å². The number of ketones is 2. The minimum absolute atomic E-state index is 0.0209. The number of rotatable bonds is 6. The summed E-state index contributed by atoms with van der Waals surface area (Å²) in [6.45, 7) is 4.57. The first-order valence-corrected chi connectivity index (χ1v) is 15.8. The van der Waals surface area contributed by atoms with Gasteiger partial charge in [0.25, 0.3) is 0 Å². The fourth-order valence-corrected chi connectivity index (χ4v) is 7.34. The largest absolute Gasteiger partial charge is 0.417 e. The molecule has 48 heavy (non-hydrogen) atoms. The molecule has 0 saturated carbocycles. The number of nitrogens with zero attached hydrogens (tertiary/aromatic N) is 4. The van der Waals surface area contributed by atoms with E-state index in [-0.39, 0.29) is 37.1 Å². The van der Waals surface area contributed by atoms with Gasteiger partial charge in [0.1, 0.15) is 17.6 Å². The van der Waals surface area contributed by atoms with Crippen LogP contribution in [0.25, 0.3) is 23.3 Å². The fourth-order valence-electron chi connectivity index (χ4n) is 7.03. The zero-order chi connectivity index (χ0) is 34.0. The van der Waals surface area contributed by atoms with E-state index in [1.165, 1.54) is 12.4 Å². The van der Waals surface area contributed by atoms with Gasteiger partial charge in [-0.15, -0.1) is 0 Å². The normalized spacial score (nSPS) is 19.5. The average molecular weight is 672 g/mol. The van der Waals surface area contributed by atoms with Crippen molar-refractivity contribution in [3.63, 3.8) is 0 Å². The molecule has 1 aromatic heterocycles. The second-order valence-electron chi connectivity index (χ2n) is 12.3. The molecule has 0 saturated heterocycles. The summed E-state index contributed by atoms with van der Waals surface area (Å²) in [6, 6.07) is 14.7. The Morgan fingerprint density at radius 1 is 1.06 bits per heavy atom. The van der Waals surface area contributed by atoms with Gasteiger partial charge in [-0.2, -0.15) is 13.2 Å². The summed E-state index contributed by atoms with van der Waals surface area (Å²) < 4.78 is 39.2. The van der Waals surface area contributed by atoms with Crippen LogP contribution in [0.15, 0.2) is 67.1 Å². The predicted molar refractivity (Wildman–Crippen MR) is 176 cm³/mol. The molecule has 3 aliphatic rings. The van der Waals surface area contributed by atoms with Crippen LogP contribution >= 0.6 is 11.6 Å². The molecule has 3 aromatic carbocycles. The third kappa shape index (κ3) is 5.13. The number of alkyl halides is 3. The molecule has 1 amide bonds. The summed E-state index contributed by atoms with van der Waals surface area (Å²) in [7, 11) is 0. The Labute approximate surface area is 278 Å². The number of amides is 1. The molecule has 0 bridgehead atoms. The highest BCUT2D eigenvalue weighted by Gasteiger charge is 2.49. The maximum atomic E-state index is 14.2. The Kier molecular flexibility index (Phi) is 7.62. The molecule has 2 aliphatic carbocycles. The van der Waals surface area contributed by atoms with Crippen molar-refractivity contribution in [2.75, 3.05) is 29.6 Å². The summed E-state index contributed by atoms with van der Waals surface area (Å²) in [6.07, 6.45) is 1.96. The Morgan fingerprint density at radius 3 is 2.58 bits per heavy atom. The lowest BCUT2D eigenvalue weighted by atomic mass is 9.73. The molecule has 0 fully saturated rings. The minimum Gasteiger partial charge on any atom is -0.354 e. The lowest BCUT2D eigenvalue weighted by Crippen LogP contribution is -2.59. The molecule has 2 atom stereocenters. The van der Waals surface area contributed by atoms with E-state index in [4.69, 9.17) is 11.6 Å². The van der Waals surface area contributed by atoms with Crippen molar-refractivity contribution in [2.24, 2.45) is 5.92 Å². The van der Waals surface area contributed by atoms with E-state index in [1.54, 1.807) is 12.3 Å². The number of halogens is 4. The molecule has 2 heterocycles. The number of fused-ring (bicyclic) bond motifs is 6. The number of hydrogen-bond donors (Lipinski definition) is 1. The van der Waals surface area contributed by atoms with Crippen molar-refractivity contribution in [3.05, 3.63) is 105 Å². The van der Waals surface area contributed by atoms with Crippen molar-refractivity contribution in [3.8, 4) is 11.1 Å². The van der Waals surface area contributed by atoms with Gasteiger partial charge >= 0.3 is 6.18 Å². The van der Waals surface area contributed by atoms with Crippen LogP contribution in [-0.2, 0) is 27.7 Å². The van der Waals surface area contributed by atoms with Crippen molar-refractivity contribution in [2.45, 2.75) is 32.0 Å². The van der Waals surface area contributed by atoms with E-state index >= 15 is 0 Å². The Bertz CT molecular complexity index is 2150. The van der Waals surface area contributed by atoms with Crippen LogP contribution in [0.4, 0.5) is 24.7 Å². The number of Topliss-reactive ketones (excluding diaryl/α,β-unsaturated/α-hetero) is 2. The monoisotopic (exact) mass is 671 g/mol. The highest BCUT2D eigenvalue weighted by Crippen LogP contribution is 2.44. The molecule has 2 unspecified atom stereocenters. The van der Waals surface area contributed by atoms with Gasteiger partial charge in [-0.3, -0.25) is 14.4 Å². The van der Waals surface area contributed by atoms with E-state index in [0.717, 1.165) is 39.3 Å². The van der Waals surface area contributed by atoms with Crippen LogP contribution in [0, 0.1) is 5.92 Å². The van der Waals surface area contributed by atoms with E-state index in [1.807, 2.05) is 66.1 Å². The van der Waals surface area contributed by atoms with Gasteiger partial charge in [0.05, 0.1) is 29.9 Å². The fraction of sp³-hybridized carbons (Fsp3) is 0.250. The molecular weight excluding hydrogens is 643 g/mol. The number of carbonyl (C=O) groups excluding carboxylic acids is 3.